The first-order chi connectivity index (χ1) is 7.50. The van der Waals surface area contributed by atoms with Gasteiger partial charge in [-0.05, 0) is 19.8 Å². The zero-order valence-electron chi connectivity index (χ0n) is 10.1. The minimum Gasteiger partial charge on any atom is -0.339 e. The van der Waals surface area contributed by atoms with Gasteiger partial charge in [0.25, 0.3) is 0 Å². The first-order valence-corrected chi connectivity index (χ1v) is 7.82. The molecule has 1 heterocycles. The Morgan fingerprint density at radius 2 is 2.06 bits per heavy atom. The van der Waals surface area contributed by atoms with Crippen LogP contribution in [0.3, 0.4) is 0 Å². The fourth-order valence-corrected chi connectivity index (χ4v) is 3.86. The third-order valence-corrected chi connectivity index (χ3v) is 4.80. The largest absolute Gasteiger partial charge is 0.339 e. The molecule has 1 saturated heterocycles. The van der Waals surface area contributed by atoms with Crippen molar-refractivity contribution in [2.45, 2.75) is 45.6 Å². The summed E-state index contributed by atoms with van der Waals surface area (Å²) in [4.78, 5) is 13.6. The first kappa shape index (κ1) is 13.5. The molecule has 5 heteroatoms. The number of carbonyl (C=O) groups excluding carboxylic acids is 1. The van der Waals surface area contributed by atoms with E-state index in [2.05, 4.69) is 0 Å². The number of hydrogen-bond donors (Lipinski definition) is 0. The molecule has 0 spiro atoms. The van der Waals surface area contributed by atoms with Gasteiger partial charge in [-0.2, -0.15) is 0 Å². The average Bonchev–Trinajstić information content (AvgIpc) is 2.57. The summed E-state index contributed by atoms with van der Waals surface area (Å²) >= 11 is 0. The van der Waals surface area contributed by atoms with Crippen LogP contribution < -0.4 is 0 Å². The molecule has 0 aliphatic carbocycles. The normalized spacial score (nSPS) is 23.2. The number of carbonyl (C=O) groups is 1. The van der Waals surface area contributed by atoms with Crippen LogP contribution in [-0.2, 0) is 14.6 Å². The molecule has 1 fully saturated rings. The monoisotopic (exact) mass is 247 g/mol. The standard InChI is InChI=1S/C11H21NO3S/c1-3-5-6-11(13)12(4-2)10-7-8-16(14,15)9-10/h10H,3-9H2,1-2H3. The second-order valence-electron chi connectivity index (χ2n) is 4.34. The molecule has 1 aliphatic rings. The van der Waals surface area contributed by atoms with Gasteiger partial charge in [0.15, 0.2) is 9.84 Å². The SMILES string of the molecule is CCCCC(=O)N(CC)C1CCS(=O)(=O)C1. The molecular formula is C11H21NO3S. The van der Waals surface area contributed by atoms with Gasteiger partial charge in [-0.25, -0.2) is 8.42 Å². The maximum Gasteiger partial charge on any atom is 0.222 e. The van der Waals surface area contributed by atoms with E-state index in [1.165, 1.54) is 0 Å². The molecule has 16 heavy (non-hydrogen) atoms. The molecule has 0 radical (unpaired) electrons. The van der Waals surface area contributed by atoms with Crippen LogP contribution in [0.2, 0.25) is 0 Å². The molecule has 0 aromatic carbocycles. The number of hydrogen-bond acceptors (Lipinski definition) is 3. The highest BCUT2D eigenvalue weighted by molar-refractivity contribution is 7.91. The summed E-state index contributed by atoms with van der Waals surface area (Å²) in [6.45, 7) is 4.57. The summed E-state index contributed by atoms with van der Waals surface area (Å²) in [7, 11) is -2.90. The van der Waals surface area contributed by atoms with Crippen molar-refractivity contribution < 1.29 is 13.2 Å². The van der Waals surface area contributed by atoms with E-state index in [0.29, 0.717) is 19.4 Å². The number of nitrogens with zero attached hydrogens (tertiary/aromatic N) is 1. The highest BCUT2D eigenvalue weighted by Crippen LogP contribution is 2.18. The number of sulfone groups is 1. The van der Waals surface area contributed by atoms with Crippen LogP contribution in [0.15, 0.2) is 0 Å². The maximum absolute atomic E-state index is 11.9. The van der Waals surface area contributed by atoms with Gasteiger partial charge in [-0.15, -0.1) is 0 Å². The van der Waals surface area contributed by atoms with Crippen molar-refractivity contribution in [3.63, 3.8) is 0 Å². The van der Waals surface area contributed by atoms with Crippen LogP contribution in [-0.4, -0.2) is 43.3 Å². The number of rotatable bonds is 5. The van der Waals surface area contributed by atoms with E-state index in [1.54, 1.807) is 4.90 Å². The van der Waals surface area contributed by atoms with Gasteiger partial charge in [0.05, 0.1) is 11.5 Å². The lowest BCUT2D eigenvalue weighted by molar-refractivity contribution is -0.132. The van der Waals surface area contributed by atoms with E-state index in [0.717, 1.165) is 12.8 Å². The molecule has 0 aromatic heterocycles. The fourth-order valence-electron chi connectivity index (χ4n) is 2.13. The van der Waals surface area contributed by atoms with E-state index in [-0.39, 0.29) is 23.5 Å². The summed E-state index contributed by atoms with van der Waals surface area (Å²) in [5.74, 6) is 0.486. The molecule has 0 bridgehead atoms. The van der Waals surface area contributed by atoms with E-state index >= 15 is 0 Å². The topological polar surface area (TPSA) is 54.5 Å². The molecule has 4 nitrogen and oxygen atoms in total. The zero-order chi connectivity index (χ0) is 12.2. The molecule has 0 aromatic rings. The molecule has 1 amide bonds. The van der Waals surface area contributed by atoms with Gasteiger partial charge in [0, 0.05) is 19.0 Å². The van der Waals surface area contributed by atoms with Gasteiger partial charge in [-0.3, -0.25) is 4.79 Å². The van der Waals surface area contributed by atoms with E-state index < -0.39 is 9.84 Å². The Morgan fingerprint density at radius 1 is 1.38 bits per heavy atom. The smallest absolute Gasteiger partial charge is 0.222 e. The second kappa shape index (κ2) is 5.66. The quantitative estimate of drug-likeness (QED) is 0.734. The molecule has 0 saturated carbocycles. The van der Waals surface area contributed by atoms with Gasteiger partial charge >= 0.3 is 0 Å². The Morgan fingerprint density at radius 3 is 2.50 bits per heavy atom. The van der Waals surface area contributed by atoms with Crippen molar-refractivity contribution in [2.75, 3.05) is 18.1 Å². The Hall–Kier alpha value is -0.580. The Bertz CT molecular complexity index is 337. The number of unbranched alkanes of at least 4 members (excludes halogenated alkanes) is 1. The average molecular weight is 247 g/mol. The van der Waals surface area contributed by atoms with Gasteiger partial charge in [-0.1, -0.05) is 13.3 Å². The first-order valence-electron chi connectivity index (χ1n) is 6.00. The van der Waals surface area contributed by atoms with Crippen molar-refractivity contribution >= 4 is 15.7 Å². The lowest BCUT2D eigenvalue weighted by atomic mass is 10.1. The van der Waals surface area contributed by atoms with Crippen molar-refractivity contribution in [1.29, 1.82) is 0 Å². The minimum atomic E-state index is -2.90. The van der Waals surface area contributed by atoms with Gasteiger partial charge < -0.3 is 4.90 Å². The Labute approximate surface area is 97.9 Å². The molecule has 1 rings (SSSR count). The molecular weight excluding hydrogens is 226 g/mol. The minimum absolute atomic E-state index is 0.0839. The highest BCUT2D eigenvalue weighted by Gasteiger charge is 2.33. The van der Waals surface area contributed by atoms with Crippen LogP contribution in [0, 0.1) is 0 Å². The third kappa shape index (κ3) is 3.47. The lowest BCUT2D eigenvalue weighted by Crippen LogP contribution is -2.40. The molecule has 0 N–H and O–H groups in total. The van der Waals surface area contributed by atoms with Crippen LogP contribution >= 0.6 is 0 Å². The van der Waals surface area contributed by atoms with E-state index in [9.17, 15) is 13.2 Å². The Balaban J connectivity index is 2.58. The van der Waals surface area contributed by atoms with Crippen molar-refractivity contribution in [2.24, 2.45) is 0 Å². The third-order valence-electron chi connectivity index (χ3n) is 3.05. The second-order valence-corrected chi connectivity index (χ2v) is 6.57. The fraction of sp³-hybridized carbons (Fsp3) is 0.909. The summed E-state index contributed by atoms with van der Waals surface area (Å²) < 4.78 is 22.7. The predicted octanol–water partition coefficient (Wildman–Crippen LogP) is 1.21. The lowest BCUT2D eigenvalue weighted by Gasteiger charge is -2.26. The summed E-state index contributed by atoms with van der Waals surface area (Å²) in [5.41, 5.74) is 0. The van der Waals surface area contributed by atoms with Crippen molar-refractivity contribution in [3.8, 4) is 0 Å². The molecule has 1 unspecified atom stereocenters. The molecule has 94 valence electrons. The number of amides is 1. The maximum atomic E-state index is 11.9. The summed E-state index contributed by atoms with van der Waals surface area (Å²) in [5, 5.41) is 0. The van der Waals surface area contributed by atoms with Gasteiger partial charge in [0.2, 0.25) is 5.91 Å². The highest BCUT2D eigenvalue weighted by atomic mass is 32.2. The zero-order valence-corrected chi connectivity index (χ0v) is 10.9. The van der Waals surface area contributed by atoms with Crippen LogP contribution in [0.1, 0.15) is 39.5 Å². The van der Waals surface area contributed by atoms with Crippen LogP contribution in [0.25, 0.3) is 0 Å². The Kier molecular flexibility index (Phi) is 4.77. The van der Waals surface area contributed by atoms with E-state index in [4.69, 9.17) is 0 Å². The summed E-state index contributed by atoms with van der Waals surface area (Å²) in [6, 6.07) is -0.0839. The van der Waals surface area contributed by atoms with Crippen molar-refractivity contribution in [3.05, 3.63) is 0 Å². The van der Waals surface area contributed by atoms with Crippen LogP contribution in [0.5, 0.6) is 0 Å². The van der Waals surface area contributed by atoms with Crippen LogP contribution in [0.4, 0.5) is 0 Å². The predicted molar refractivity (Wildman–Crippen MR) is 64.0 cm³/mol. The van der Waals surface area contributed by atoms with Gasteiger partial charge in [0.1, 0.15) is 0 Å². The summed E-state index contributed by atoms with van der Waals surface area (Å²) in [6.07, 6.45) is 3.02. The van der Waals surface area contributed by atoms with Crippen molar-refractivity contribution in [1.82, 2.24) is 4.90 Å². The molecule has 1 atom stereocenters. The van der Waals surface area contributed by atoms with E-state index in [1.807, 2.05) is 13.8 Å². The molecule has 1 aliphatic heterocycles.